The van der Waals surface area contributed by atoms with Crippen molar-refractivity contribution in [1.82, 2.24) is 20.1 Å². The van der Waals surface area contributed by atoms with Gasteiger partial charge in [0.15, 0.2) is 5.16 Å². The van der Waals surface area contributed by atoms with Gasteiger partial charge in [0, 0.05) is 20.3 Å². The maximum atomic E-state index is 11.5. The van der Waals surface area contributed by atoms with E-state index < -0.39 is 12.0 Å². The Hall–Kier alpha value is -1.81. The van der Waals surface area contributed by atoms with Crippen molar-refractivity contribution in [3.63, 3.8) is 0 Å². The normalized spacial score (nSPS) is 10.3. The van der Waals surface area contributed by atoms with Crippen LogP contribution in [-0.4, -0.2) is 53.3 Å². The van der Waals surface area contributed by atoms with Crippen molar-refractivity contribution in [2.75, 3.05) is 26.6 Å². The number of carbonyl (C=O) groups is 2. The zero-order valence-corrected chi connectivity index (χ0v) is 12.0. The molecule has 1 aromatic rings. The van der Waals surface area contributed by atoms with Gasteiger partial charge in [-0.1, -0.05) is 11.8 Å². The molecule has 0 fully saturated rings. The van der Waals surface area contributed by atoms with E-state index in [2.05, 4.69) is 14.9 Å². The van der Waals surface area contributed by atoms with Gasteiger partial charge in [-0.3, -0.25) is 14.7 Å². The summed E-state index contributed by atoms with van der Waals surface area (Å²) in [6, 6.07) is 0. The van der Waals surface area contributed by atoms with Gasteiger partial charge in [0.25, 0.3) is 0 Å². The molecule has 1 heterocycles. The van der Waals surface area contributed by atoms with E-state index in [0.29, 0.717) is 24.7 Å². The number of nitrogens with one attached hydrogen (secondary N) is 2. The second kappa shape index (κ2) is 8.38. The molecule has 0 bridgehead atoms. The summed E-state index contributed by atoms with van der Waals surface area (Å²) in [5.74, 6) is -0.579. The van der Waals surface area contributed by atoms with Crippen molar-refractivity contribution < 1.29 is 19.1 Å². The summed E-state index contributed by atoms with van der Waals surface area (Å²) in [5, 5.41) is 8.52. The fourth-order valence-corrected chi connectivity index (χ4v) is 2.08. The van der Waals surface area contributed by atoms with Crippen molar-refractivity contribution in [2.24, 2.45) is 0 Å². The molecule has 112 valence electrons. The van der Waals surface area contributed by atoms with Gasteiger partial charge in [0.1, 0.15) is 0 Å². The van der Waals surface area contributed by atoms with Gasteiger partial charge in [-0.2, -0.15) is 0 Å². The van der Waals surface area contributed by atoms with E-state index in [0.717, 1.165) is 18.9 Å². The number of nitrogens with zero attached hydrogens (tertiary/aromatic N) is 2. The predicted molar refractivity (Wildman–Crippen MR) is 70.6 cm³/mol. The third kappa shape index (κ3) is 5.05. The summed E-state index contributed by atoms with van der Waals surface area (Å²) in [6.07, 6.45) is -0.173. The minimum Gasteiger partial charge on any atom is -0.453 e. The number of rotatable bonds is 7. The smallest absolute Gasteiger partial charge is 0.413 e. The van der Waals surface area contributed by atoms with Gasteiger partial charge in [-0.15, -0.1) is 5.10 Å². The molecular formula is C10H16N4O5S. The molecule has 0 aromatic carbocycles. The summed E-state index contributed by atoms with van der Waals surface area (Å²) in [6.45, 7) is 0.953. The Bertz CT molecular complexity index is 512. The van der Waals surface area contributed by atoms with E-state index in [1.54, 1.807) is 7.11 Å². The van der Waals surface area contributed by atoms with Crippen LogP contribution < -0.4 is 11.0 Å². The molecule has 0 aliphatic carbocycles. The molecule has 10 heteroatoms. The van der Waals surface area contributed by atoms with E-state index >= 15 is 0 Å². The molecule has 0 saturated heterocycles. The number of alkyl carbamates (subject to hydrolysis) is 1. The molecule has 0 spiro atoms. The molecule has 9 nitrogen and oxygen atoms in total. The van der Waals surface area contributed by atoms with Crippen LogP contribution in [0.3, 0.4) is 0 Å². The first-order valence-electron chi connectivity index (χ1n) is 5.73. The Morgan fingerprint density at radius 2 is 2.20 bits per heavy atom. The highest BCUT2D eigenvalue weighted by molar-refractivity contribution is 7.99. The molecule has 1 rings (SSSR count). The number of aromatic amines is 1. The number of hydrogen-bond donors (Lipinski definition) is 2. The highest BCUT2D eigenvalue weighted by Crippen LogP contribution is 2.12. The van der Waals surface area contributed by atoms with E-state index in [1.165, 1.54) is 4.57 Å². The Morgan fingerprint density at radius 1 is 1.45 bits per heavy atom. The fourth-order valence-electron chi connectivity index (χ4n) is 1.31. The van der Waals surface area contributed by atoms with Crippen LogP contribution in [0.5, 0.6) is 0 Å². The number of amides is 2. The van der Waals surface area contributed by atoms with Gasteiger partial charge < -0.3 is 9.47 Å². The first-order chi connectivity index (χ1) is 9.58. The monoisotopic (exact) mass is 304 g/mol. The number of thioether (sulfide) groups is 1. The molecule has 0 unspecified atom stereocenters. The summed E-state index contributed by atoms with van der Waals surface area (Å²) in [7, 11) is 2.74. The fraction of sp³-hybridized carbons (Fsp3) is 0.600. The molecule has 0 aliphatic rings. The zero-order valence-electron chi connectivity index (χ0n) is 11.2. The SMILES string of the molecule is COCCCn1c(SCC(=O)NC(=O)OC)n[nH]c1=O. The van der Waals surface area contributed by atoms with Crippen molar-refractivity contribution in [2.45, 2.75) is 18.1 Å². The van der Waals surface area contributed by atoms with Crippen LogP contribution in [0.25, 0.3) is 0 Å². The molecule has 0 aliphatic heterocycles. The largest absolute Gasteiger partial charge is 0.453 e. The highest BCUT2D eigenvalue weighted by atomic mass is 32.2. The maximum Gasteiger partial charge on any atom is 0.413 e. The molecular weight excluding hydrogens is 288 g/mol. The van der Waals surface area contributed by atoms with Crippen LogP contribution in [0, 0.1) is 0 Å². The molecule has 1 aromatic heterocycles. The van der Waals surface area contributed by atoms with Crippen LogP contribution >= 0.6 is 11.8 Å². The summed E-state index contributed by atoms with van der Waals surface area (Å²) >= 11 is 1.05. The van der Waals surface area contributed by atoms with Crippen molar-refractivity contribution in [3.05, 3.63) is 10.5 Å². The number of imide groups is 1. The van der Waals surface area contributed by atoms with Gasteiger partial charge in [-0.25, -0.2) is 14.7 Å². The average Bonchev–Trinajstić information content (AvgIpc) is 2.78. The topological polar surface area (TPSA) is 115 Å². The quantitative estimate of drug-likeness (QED) is 0.519. The van der Waals surface area contributed by atoms with Crippen molar-refractivity contribution in [3.8, 4) is 0 Å². The Labute approximate surface area is 119 Å². The first-order valence-corrected chi connectivity index (χ1v) is 6.71. The van der Waals surface area contributed by atoms with E-state index in [9.17, 15) is 14.4 Å². The number of ether oxygens (including phenoxy) is 2. The van der Waals surface area contributed by atoms with Gasteiger partial charge in [0.2, 0.25) is 5.91 Å². The predicted octanol–water partition coefficient (Wildman–Crippen LogP) is -0.417. The Morgan fingerprint density at radius 3 is 2.85 bits per heavy atom. The minimum atomic E-state index is -0.824. The summed E-state index contributed by atoms with van der Waals surface area (Å²) < 4.78 is 10.6. The third-order valence-electron chi connectivity index (χ3n) is 2.21. The summed E-state index contributed by atoms with van der Waals surface area (Å²) in [4.78, 5) is 33.7. The van der Waals surface area contributed by atoms with Crippen LogP contribution in [0.4, 0.5) is 4.79 Å². The number of methoxy groups -OCH3 is 2. The minimum absolute atomic E-state index is 0.0519. The van der Waals surface area contributed by atoms with E-state index in [1.807, 2.05) is 5.32 Å². The summed E-state index contributed by atoms with van der Waals surface area (Å²) in [5.41, 5.74) is -0.350. The van der Waals surface area contributed by atoms with Gasteiger partial charge in [-0.05, 0) is 6.42 Å². The number of H-pyrrole nitrogens is 1. The molecule has 20 heavy (non-hydrogen) atoms. The highest BCUT2D eigenvalue weighted by Gasteiger charge is 2.12. The molecule has 2 N–H and O–H groups in total. The number of hydrogen-bond acceptors (Lipinski definition) is 7. The average molecular weight is 304 g/mol. The Balaban J connectivity index is 2.53. The van der Waals surface area contributed by atoms with Crippen LogP contribution in [0.1, 0.15) is 6.42 Å². The lowest BCUT2D eigenvalue weighted by Crippen LogP contribution is -2.31. The first kappa shape index (κ1) is 16.2. The number of carbonyl (C=O) groups excluding carboxylic acids is 2. The van der Waals surface area contributed by atoms with Crippen LogP contribution in [-0.2, 0) is 20.8 Å². The van der Waals surface area contributed by atoms with Gasteiger partial charge >= 0.3 is 11.8 Å². The second-order valence-electron chi connectivity index (χ2n) is 3.64. The van der Waals surface area contributed by atoms with Crippen molar-refractivity contribution in [1.29, 1.82) is 0 Å². The maximum absolute atomic E-state index is 11.5. The van der Waals surface area contributed by atoms with E-state index in [4.69, 9.17) is 4.74 Å². The lowest BCUT2D eigenvalue weighted by molar-refractivity contribution is -0.117. The second-order valence-corrected chi connectivity index (χ2v) is 4.58. The Kier molecular flexibility index (Phi) is 6.81. The molecule has 0 atom stereocenters. The van der Waals surface area contributed by atoms with Crippen molar-refractivity contribution >= 4 is 23.8 Å². The standard InChI is InChI=1S/C10H16N4O5S/c1-18-5-3-4-14-8(16)12-13-9(14)20-6-7(15)11-10(17)19-2/h3-6H2,1-2H3,(H,12,16)(H,11,15,17). The van der Waals surface area contributed by atoms with Crippen LogP contribution in [0.15, 0.2) is 9.95 Å². The number of aromatic nitrogens is 3. The zero-order chi connectivity index (χ0) is 15.0. The lowest BCUT2D eigenvalue weighted by atomic mass is 10.4. The molecule has 0 radical (unpaired) electrons. The van der Waals surface area contributed by atoms with Gasteiger partial charge in [0.05, 0.1) is 12.9 Å². The molecule has 0 saturated carbocycles. The third-order valence-corrected chi connectivity index (χ3v) is 3.19. The van der Waals surface area contributed by atoms with Crippen LogP contribution in [0.2, 0.25) is 0 Å². The molecule has 2 amide bonds. The van der Waals surface area contributed by atoms with E-state index in [-0.39, 0.29) is 11.4 Å². The lowest BCUT2D eigenvalue weighted by Gasteiger charge is -2.05.